The molecule has 11 nitrogen and oxygen atoms in total. The highest BCUT2D eigenvalue weighted by molar-refractivity contribution is 7.47. The standard InChI is InChI=1S/C64H113O11P/c1-4-7-10-13-16-19-22-25-27-29-30-32-34-37-40-43-46-49-52-55-64(68)75-61(57-71-62(66)53-50-47-44-41-38-35-24-21-18-15-12-9-6-3)59-73-76(69,70)72-58-60(56-65)74-63(67)54-51-48-45-42-39-36-33-31-28-26-23-20-17-14-11-8-5-2/h7,10,16,19,25,27,30,32,37,40,46,49,60-61,65H,4-6,8-9,11-15,17-18,20-24,26,28-29,31,33-36,38-39,41-45,47-48,50-59H2,1-3H3,(H,69,70)/b10-7-,19-16-,27-25-,32-30-,40-37-,49-46-. The predicted octanol–water partition coefficient (Wildman–Crippen LogP) is 18.5. The molecule has 0 aromatic heterocycles. The zero-order valence-corrected chi connectivity index (χ0v) is 49.6. The second-order valence-electron chi connectivity index (χ2n) is 20.5. The second-order valence-corrected chi connectivity index (χ2v) is 22.0. The summed E-state index contributed by atoms with van der Waals surface area (Å²) in [7, 11) is -4.77. The van der Waals surface area contributed by atoms with Gasteiger partial charge in [-0.3, -0.25) is 23.4 Å². The average molecular weight is 1090 g/mol. The van der Waals surface area contributed by atoms with Crippen molar-refractivity contribution in [3.8, 4) is 0 Å². The van der Waals surface area contributed by atoms with E-state index in [1.165, 1.54) is 141 Å². The number of phosphoric ester groups is 1. The molecule has 3 atom stereocenters. The van der Waals surface area contributed by atoms with Gasteiger partial charge in [0.1, 0.15) is 12.7 Å². The van der Waals surface area contributed by atoms with Gasteiger partial charge in [0.05, 0.1) is 19.8 Å². The van der Waals surface area contributed by atoms with E-state index in [9.17, 15) is 28.9 Å². The third kappa shape index (κ3) is 55.7. The Balaban J connectivity index is 4.76. The minimum atomic E-state index is -4.77. The number of esters is 3. The lowest BCUT2D eigenvalue weighted by atomic mass is 10.0. The maximum absolute atomic E-state index is 12.9. The van der Waals surface area contributed by atoms with Crippen molar-refractivity contribution >= 4 is 25.7 Å². The number of ether oxygens (including phenoxy) is 3. The third-order valence-electron chi connectivity index (χ3n) is 13.2. The third-order valence-corrected chi connectivity index (χ3v) is 14.1. The molecular weight excluding hydrogens is 976 g/mol. The van der Waals surface area contributed by atoms with E-state index >= 15 is 0 Å². The molecule has 0 amide bonds. The second kappa shape index (κ2) is 58.1. The van der Waals surface area contributed by atoms with Crippen molar-refractivity contribution < 1.29 is 52.2 Å². The van der Waals surface area contributed by atoms with Crippen LogP contribution in [-0.4, -0.2) is 66.5 Å². The Kier molecular flexibility index (Phi) is 55.7. The fourth-order valence-electron chi connectivity index (χ4n) is 8.50. The van der Waals surface area contributed by atoms with E-state index in [2.05, 4.69) is 81.5 Å². The fraction of sp³-hybridized carbons (Fsp3) is 0.766. The SMILES string of the molecule is CC/C=C\C/C=C\C/C=C\C/C=C\C/C=C\C/C=C\CCC(=O)OC(COC(=O)CCCCCCCCCCCCCCC)COP(=O)(O)OCC(CO)OC(=O)CCCCCCCCCCCCCCCCCCC. The number of phosphoric acid groups is 1. The van der Waals surface area contributed by atoms with Crippen molar-refractivity contribution in [1.29, 1.82) is 0 Å². The van der Waals surface area contributed by atoms with Gasteiger partial charge in [-0.1, -0.05) is 273 Å². The quantitative estimate of drug-likeness (QED) is 0.0197. The largest absolute Gasteiger partial charge is 0.472 e. The maximum atomic E-state index is 12.9. The van der Waals surface area contributed by atoms with E-state index in [0.29, 0.717) is 19.3 Å². The highest BCUT2D eigenvalue weighted by Gasteiger charge is 2.28. The molecule has 440 valence electrons. The summed E-state index contributed by atoms with van der Waals surface area (Å²) in [5, 5.41) is 9.84. The molecular formula is C64H113O11P. The number of allylic oxidation sites excluding steroid dienone is 12. The normalized spacial score (nSPS) is 13.8. The van der Waals surface area contributed by atoms with Crippen LogP contribution in [-0.2, 0) is 42.2 Å². The van der Waals surface area contributed by atoms with E-state index < -0.39 is 57.8 Å². The summed E-state index contributed by atoms with van der Waals surface area (Å²) < 4.78 is 39.5. The molecule has 0 spiro atoms. The fourth-order valence-corrected chi connectivity index (χ4v) is 9.29. The number of aliphatic hydroxyl groups excluding tert-OH is 1. The molecule has 76 heavy (non-hydrogen) atoms. The number of carbonyl (C=O) groups excluding carboxylic acids is 3. The van der Waals surface area contributed by atoms with E-state index in [1.54, 1.807) is 0 Å². The lowest BCUT2D eigenvalue weighted by Crippen LogP contribution is -2.30. The monoisotopic (exact) mass is 1090 g/mol. The number of hydrogen-bond acceptors (Lipinski definition) is 10. The smallest absolute Gasteiger partial charge is 0.462 e. The lowest BCUT2D eigenvalue weighted by Gasteiger charge is -2.21. The molecule has 0 rings (SSSR count). The molecule has 0 aliphatic heterocycles. The summed E-state index contributed by atoms with van der Waals surface area (Å²) in [5.74, 6) is -1.55. The van der Waals surface area contributed by atoms with Gasteiger partial charge >= 0.3 is 25.7 Å². The summed E-state index contributed by atoms with van der Waals surface area (Å²) in [6.07, 6.45) is 65.9. The van der Waals surface area contributed by atoms with Gasteiger partial charge in [-0.15, -0.1) is 0 Å². The van der Waals surface area contributed by atoms with Crippen LogP contribution in [0.25, 0.3) is 0 Å². The highest BCUT2D eigenvalue weighted by atomic mass is 31.2. The first-order valence-corrected chi connectivity index (χ1v) is 32.3. The molecule has 2 N–H and O–H groups in total. The molecule has 3 unspecified atom stereocenters. The molecule has 0 saturated carbocycles. The van der Waals surface area contributed by atoms with Gasteiger partial charge in [0.25, 0.3) is 0 Å². The van der Waals surface area contributed by atoms with Gasteiger partial charge in [0, 0.05) is 19.3 Å². The Morgan fingerprint density at radius 3 is 1.05 bits per heavy atom. The van der Waals surface area contributed by atoms with Gasteiger partial charge in [0.2, 0.25) is 0 Å². The number of rotatable bonds is 57. The first-order chi connectivity index (χ1) is 37.2. The Bertz CT molecular complexity index is 1550. The van der Waals surface area contributed by atoms with Gasteiger partial charge in [-0.25, -0.2) is 4.57 Å². The molecule has 0 bridgehead atoms. The molecule has 0 aliphatic carbocycles. The van der Waals surface area contributed by atoms with Crippen LogP contribution in [0, 0.1) is 0 Å². The average Bonchev–Trinajstić information content (AvgIpc) is 3.41. The molecule has 0 aliphatic rings. The van der Waals surface area contributed by atoms with Crippen molar-refractivity contribution in [3.63, 3.8) is 0 Å². The van der Waals surface area contributed by atoms with E-state index in [0.717, 1.165) is 77.0 Å². The molecule has 0 radical (unpaired) electrons. The molecule has 0 aromatic carbocycles. The minimum absolute atomic E-state index is 0.0435. The minimum Gasteiger partial charge on any atom is -0.462 e. The first kappa shape index (κ1) is 72.9. The number of hydrogen-bond donors (Lipinski definition) is 2. The Labute approximate surface area is 465 Å². The van der Waals surface area contributed by atoms with Crippen LogP contribution in [0.4, 0.5) is 0 Å². The Morgan fingerprint density at radius 1 is 0.382 bits per heavy atom. The van der Waals surface area contributed by atoms with Gasteiger partial charge in [0.15, 0.2) is 6.10 Å². The Morgan fingerprint density at radius 2 is 0.684 bits per heavy atom. The van der Waals surface area contributed by atoms with Crippen molar-refractivity contribution in [1.82, 2.24) is 0 Å². The summed E-state index contributed by atoms with van der Waals surface area (Å²) >= 11 is 0. The maximum Gasteiger partial charge on any atom is 0.472 e. The number of unbranched alkanes of at least 4 members (excludes halogenated alkanes) is 28. The predicted molar refractivity (Wildman–Crippen MR) is 316 cm³/mol. The van der Waals surface area contributed by atoms with Crippen LogP contribution in [0.3, 0.4) is 0 Å². The van der Waals surface area contributed by atoms with Gasteiger partial charge in [-0.05, 0) is 57.8 Å². The van der Waals surface area contributed by atoms with Crippen molar-refractivity contribution in [3.05, 3.63) is 72.9 Å². The van der Waals surface area contributed by atoms with E-state index in [-0.39, 0.29) is 25.9 Å². The molecule has 12 heteroatoms. The first-order valence-electron chi connectivity index (χ1n) is 30.8. The van der Waals surface area contributed by atoms with Crippen molar-refractivity contribution in [2.75, 3.05) is 26.4 Å². The zero-order chi connectivity index (χ0) is 55.5. The summed E-state index contributed by atoms with van der Waals surface area (Å²) in [6.45, 7) is 4.49. The van der Waals surface area contributed by atoms with Crippen LogP contribution in [0.15, 0.2) is 72.9 Å². The van der Waals surface area contributed by atoms with Crippen LogP contribution in [0.1, 0.15) is 278 Å². The molecule has 0 fully saturated rings. The van der Waals surface area contributed by atoms with Gasteiger partial charge in [-0.2, -0.15) is 0 Å². The van der Waals surface area contributed by atoms with Crippen LogP contribution >= 0.6 is 7.82 Å². The van der Waals surface area contributed by atoms with Crippen LogP contribution in [0.2, 0.25) is 0 Å². The summed E-state index contributed by atoms with van der Waals surface area (Å²) in [4.78, 5) is 48.6. The molecule has 0 aromatic rings. The zero-order valence-electron chi connectivity index (χ0n) is 48.7. The molecule has 0 heterocycles. The van der Waals surface area contributed by atoms with Crippen LogP contribution in [0.5, 0.6) is 0 Å². The van der Waals surface area contributed by atoms with Crippen molar-refractivity contribution in [2.24, 2.45) is 0 Å². The topological polar surface area (TPSA) is 155 Å². The summed E-state index contributed by atoms with van der Waals surface area (Å²) in [5.41, 5.74) is 0. The summed E-state index contributed by atoms with van der Waals surface area (Å²) in [6, 6.07) is 0. The number of aliphatic hydroxyl groups is 1. The number of carbonyl (C=O) groups is 3. The lowest BCUT2D eigenvalue weighted by molar-refractivity contribution is -0.161. The highest BCUT2D eigenvalue weighted by Crippen LogP contribution is 2.43. The van der Waals surface area contributed by atoms with E-state index in [1.807, 2.05) is 12.2 Å². The van der Waals surface area contributed by atoms with Crippen LogP contribution < -0.4 is 0 Å². The molecule has 0 saturated heterocycles. The van der Waals surface area contributed by atoms with E-state index in [4.69, 9.17) is 23.3 Å². The van der Waals surface area contributed by atoms with Gasteiger partial charge < -0.3 is 24.2 Å². The Hall–Kier alpha value is -3.08. The van der Waals surface area contributed by atoms with Crippen molar-refractivity contribution in [2.45, 2.75) is 290 Å².